The maximum Gasteiger partial charge on any atom is 0.135 e. The van der Waals surface area contributed by atoms with Gasteiger partial charge in [0, 0.05) is 12.6 Å². The highest BCUT2D eigenvalue weighted by Crippen LogP contribution is 2.12. The minimum absolute atomic E-state index is 0.627. The van der Waals surface area contributed by atoms with Gasteiger partial charge in [-0.15, -0.1) is 0 Å². The minimum atomic E-state index is 0.627. The first-order chi connectivity index (χ1) is 8.42. The number of rotatable bonds is 3. The maximum absolute atomic E-state index is 4.69. The summed E-state index contributed by atoms with van der Waals surface area (Å²) in [5.74, 6) is 0. The summed E-state index contributed by atoms with van der Waals surface area (Å²) >= 11 is 0. The quantitative estimate of drug-likeness (QED) is 0.828. The first-order valence-electron chi connectivity index (χ1n) is 6.07. The van der Waals surface area contributed by atoms with E-state index in [2.05, 4.69) is 31.6 Å². The zero-order chi connectivity index (χ0) is 11.5. The fourth-order valence-corrected chi connectivity index (χ4v) is 2.23. The lowest BCUT2D eigenvalue weighted by atomic mass is 10.1. The minimum Gasteiger partial charge on any atom is -0.317 e. The summed E-state index contributed by atoms with van der Waals surface area (Å²) in [5.41, 5.74) is 2.87. The molecule has 2 aromatic rings. The Labute approximate surface area is 99.5 Å². The van der Waals surface area contributed by atoms with Gasteiger partial charge >= 0.3 is 0 Å². The van der Waals surface area contributed by atoms with E-state index in [4.69, 9.17) is 0 Å². The van der Waals surface area contributed by atoms with Crippen molar-refractivity contribution in [2.45, 2.75) is 25.4 Å². The molecule has 0 saturated carbocycles. The number of hydrogen-bond acceptors (Lipinski definition) is 5. The Balaban J connectivity index is 1.63. The third-order valence-corrected chi connectivity index (χ3v) is 3.25. The van der Waals surface area contributed by atoms with Gasteiger partial charge in [0.15, 0.2) is 0 Å². The third-order valence-electron chi connectivity index (χ3n) is 3.25. The van der Waals surface area contributed by atoms with Crippen LogP contribution in [0.1, 0.15) is 18.4 Å². The summed E-state index contributed by atoms with van der Waals surface area (Å²) in [5, 5.41) is 14.6. The lowest BCUT2D eigenvalue weighted by molar-refractivity contribution is 0.315. The van der Waals surface area contributed by atoms with Gasteiger partial charge in [-0.1, -0.05) is 6.07 Å². The Morgan fingerprint density at radius 2 is 2.06 bits per heavy atom. The molecule has 1 aliphatic heterocycles. The molecule has 0 spiro atoms. The van der Waals surface area contributed by atoms with Crippen molar-refractivity contribution in [1.29, 1.82) is 0 Å². The second kappa shape index (κ2) is 4.81. The topological polar surface area (TPSA) is 63.0 Å². The van der Waals surface area contributed by atoms with Gasteiger partial charge in [0.2, 0.25) is 0 Å². The number of fused-ring (bicyclic) bond motifs is 1. The molecule has 1 saturated heterocycles. The van der Waals surface area contributed by atoms with Crippen LogP contribution < -0.4 is 10.6 Å². The molecule has 0 atom stereocenters. The number of nitrogens with zero attached hydrogens (tertiary/aromatic N) is 2. The number of benzene rings is 1. The first-order valence-corrected chi connectivity index (χ1v) is 6.07. The van der Waals surface area contributed by atoms with E-state index in [-0.39, 0.29) is 0 Å². The molecule has 0 unspecified atom stereocenters. The molecule has 1 fully saturated rings. The Morgan fingerprint density at radius 3 is 2.94 bits per heavy atom. The number of hydrogen-bond donors (Lipinski definition) is 2. The predicted molar refractivity (Wildman–Crippen MR) is 64.5 cm³/mol. The maximum atomic E-state index is 4.69. The zero-order valence-electron chi connectivity index (χ0n) is 9.65. The predicted octanol–water partition coefficient (Wildman–Crippen LogP) is 1.06. The molecule has 1 aliphatic rings. The Hall–Kier alpha value is -1.46. The second-order valence-corrected chi connectivity index (χ2v) is 4.49. The molecule has 3 rings (SSSR count). The second-order valence-electron chi connectivity index (χ2n) is 4.49. The van der Waals surface area contributed by atoms with Crippen LogP contribution in [0.4, 0.5) is 0 Å². The van der Waals surface area contributed by atoms with Gasteiger partial charge in [-0.2, -0.15) is 0 Å². The normalized spacial score (nSPS) is 17.6. The van der Waals surface area contributed by atoms with Crippen molar-refractivity contribution in [3.05, 3.63) is 23.8 Å². The molecular formula is C12H16N4O. The Bertz CT molecular complexity index is 490. The molecule has 1 aromatic carbocycles. The number of aromatic nitrogens is 2. The molecule has 5 nitrogen and oxygen atoms in total. The summed E-state index contributed by atoms with van der Waals surface area (Å²) in [6.45, 7) is 3.11. The van der Waals surface area contributed by atoms with E-state index in [1.807, 2.05) is 12.1 Å². The first kappa shape index (κ1) is 10.7. The van der Waals surface area contributed by atoms with Gasteiger partial charge in [0.25, 0.3) is 0 Å². The largest absolute Gasteiger partial charge is 0.317 e. The summed E-state index contributed by atoms with van der Waals surface area (Å²) in [7, 11) is 0. The summed E-state index contributed by atoms with van der Waals surface area (Å²) in [6, 6.07) is 6.67. The molecule has 2 heterocycles. The van der Waals surface area contributed by atoms with Crippen LogP contribution in [0, 0.1) is 0 Å². The van der Waals surface area contributed by atoms with Crippen LogP contribution in [0.3, 0.4) is 0 Å². The van der Waals surface area contributed by atoms with E-state index in [1.165, 1.54) is 18.4 Å². The van der Waals surface area contributed by atoms with Crippen LogP contribution in [-0.4, -0.2) is 29.4 Å². The average molecular weight is 232 g/mol. The van der Waals surface area contributed by atoms with Crippen LogP contribution in [0.25, 0.3) is 11.0 Å². The van der Waals surface area contributed by atoms with Crippen molar-refractivity contribution in [3.63, 3.8) is 0 Å². The molecule has 2 N–H and O–H groups in total. The van der Waals surface area contributed by atoms with Gasteiger partial charge in [-0.05, 0) is 53.9 Å². The van der Waals surface area contributed by atoms with Gasteiger partial charge in [0.05, 0.1) is 0 Å². The lowest BCUT2D eigenvalue weighted by Crippen LogP contribution is -2.39. The van der Waals surface area contributed by atoms with E-state index in [1.54, 1.807) is 0 Å². The lowest BCUT2D eigenvalue weighted by Gasteiger charge is -2.23. The molecule has 0 aliphatic carbocycles. The van der Waals surface area contributed by atoms with Crippen molar-refractivity contribution >= 4 is 11.0 Å². The molecule has 0 amide bonds. The van der Waals surface area contributed by atoms with E-state index in [9.17, 15) is 0 Å². The number of nitrogens with one attached hydrogen (secondary N) is 2. The Morgan fingerprint density at radius 1 is 1.24 bits per heavy atom. The van der Waals surface area contributed by atoms with Crippen molar-refractivity contribution in [2.75, 3.05) is 13.1 Å². The average Bonchev–Trinajstić information content (AvgIpc) is 2.85. The van der Waals surface area contributed by atoms with Crippen LogP contribution >= 0.6 is 0 Å². The standard InChI is InChI=1S/C12H16N4O/c1-2-11-12(16-17-15-11)7-9(1)8-14-10-3-5-13-6-4-10/h1-2,7,10,13-14H,3-6,8H2. The molecular weight excluding hydrogens is 216 g/mol. The van der Waals surface area contributed by atoms with E-state index >= 15 is 0 Å². The molecule has 17 heavy (non-hydrogen) atoms. The molecule has 90 valence electrons. The highest BCUT2D eigenvalue weighted by Gasteiger charge is 2.12. The van der Waals surface area contributed by atoms with Crippen molar-refractivity contribution in [1.82, 2.24) is 20.9 Å². The molecule has 0 radical (unpaired) electrons. The van der Waals surface area contributed by atoms with Crippen molar-refractivity contribution < 1.29 is 4.63 Å². The summed E-state index contributed by atoms with van der Waals surface area (Å²) in [4.78, 5) is 0. The van der Waals surface area contributed by atoms with Crippen molar-refractivity contribution in [3.8, 4) is 0 Å². The highest BCUT2D eigenvalue weighted by molar-refractivity contribution is 5.73. The molecule has 5 heteroatoms. The van der Waals surface area contributed by atoms with Gasteiger partial charge in [-0.25, -0.2) is 4.63 Å². The SMILES string of the molecule is c1cc2nonc2cc1CNC1CCNCC1. The Kier molecular flexibility index (Phi) is 3.02. The van der Waals surface area contributed by atoms with Crippen LogP contribution in [0.15, 0.2) is 22.8 Å². The zero-order valence-corrected chi connectivity index (χ0v) is 9.65. The van der Waals surface area contributed by atoms with Crippen molar-refractivity contribution in [2.24, 2.45) is 0 Å². The van der Waals surface area contributed by atoms with E-state index in [0.29, 0.717) is 6.04 Å². The van der Waals surface area contributed by atoms with Gasteiger partial charge in [-0.3, -0.25) is 0 Å². The smallest absolute Gasteiger partial charge is 0.135 e. The molecule has 0 bridgehead atoms. The third kappa shape index (κ3) is 2.45. The highest BCUT2D eigenvalue weighted by atomic mass is 16.6. The monoisotopic (exact) mass is 232 g/mol. The fourth-order valence-electron chi connectivity index (χ4n) is 2.23. The van der Waals surface area contributed by atoms with E-state index in [0.717, 1.165) is 30.7 Å². The summed E-state index contributed by atoms with van der Waals surface area (Å²) < 4.78 is 4.69. The van der Waals surface area contributed by atoms with Crippen LogP contribution in [0.2, 0.25) is 0 Å². The molecule has 1 aromatic heterocycles. The summed E-state index contributed by atoms with van der Waals surface area (Å²) in [6.07, 6.45) is 2.40. The van der Waals surface area contributed by atoms with Crippen LogP contribution in [-0.2, 0) is 6.54 Å². The van der Waals surface area contributed by atoms with Gasteiger partial charge < -0.3 is 10.6 Å². The van der Waals surface area contributed by atoms with E-state index < -0.39 is 0 Å². The van der Waals surface area contributed by atoms with Crippen LogP contribution in [0.5, 0.6) is 0 Å². The fraction of sp³-hybridized carbons (Fsp3) is 0.500. The van der Waals surface area contributed by atoms with Gasteiger partial charge in [0.1, 0.15) is 11.0 Å². The number of piperidine rings is 1.